The molecule has 21 heavy (non-hydrogen) atoms. The molecular formula is C17H27N3O. The minimum atomic E-state index is -0.196. The fourth-order valence-corrected chi connectivity index (χ4v) is 2.64. The van der Waals surface area contributed by atoms with Gasteiger partial charge in [-0.15, -0.1) is 0 Å². The van der Waals surface area contributed by atoms with Crippen LogP contribution in [0.15, 0.2) is 12.3 Å². The molecule has 1 aromatic rings. The topological polar surface area (TPSA) is 36.4 Å². The molecule has 0 saturated heterocycles. The molecule has 0 atom stereocenters. The Morgan fingerprint density at radius 3 is 2.29 bits per heavy atom. The molecule has 0 spiro atoms. The van der Waals surface area contributed by atoms with Crippen molar-refractivity contribution in [3.8, 4) is 0 Å². The Morgan fingerprint density at radius 2 is 1.81 bits per heavy atom. The minimum absolute atomic E-state index is 0.0888. The van der Waals surface area contributed by atoms with Gasteiger partial charge in [-0.05, 0) is 46.6 Å². The largest absolute Gasteiger partial charge is 0.325 e. The summed E-state index contributed by atoms with van der Waals surface area (Å²) in [7, 11) is 0. The number of pyridine rings is 1. The van der Waals surface area contributed by atoms with Crippen molar-refractivity contribution in [1.82, 2.24) is 9.88 Å². The van der Waals surface area contributed by atoms with Gasteiger partial charge in [0.1, 0.15) is 0 Å². The number of hydrogen-bond acceptors (Lipinski definition) is 2. The van der Waals surface area contributed by atoms with Crippen molar-refractivity contribution in [1.29, 1.82) is 0 Å². The summed E-state index contributed by atoms with van der Waals surface area (Å²) in [4.78, 5) is 21.3. The Labute approximate surface area is 128 Å². The fourth-order valence-electron chi connectivity index (χ4n) is 2.64. The van der Waals surface area contributed by atoms with E-state index in [1.807, 2.05) is 16.0 Å². The smallest absolute Gasteiger partial charge is 0.315 e. The van der Waals surface area contributed by atoms with Crippen LogP contribution in [0.25, 0.3) is 0 Å². The first-order valence-corrected chi connectivity index (χ1v) is 7.72. The van der Waals surface area contributed by atoms with E-state index in [4.69, 9.17) is 0 Å². The molecule has 1 aliphatic heterocycles. The molecule has 4 heteroatoms. The lowest BCUT2D eigenvalue weighted by Crippen LogP contribution is -2.56. The van der Waals surface area contributed by atoms with Crippen LogP contribution >= 0.6 is 0 Å². The van der Waals surface area contributed by atoms with Crippen molar-refractivity contribution >= 4 is 11.7 Å². The van der Waals surface area contributed by atoms with Gasteiger partial charge in [0.05, 0.1) is 12.2 Å². The van der Waals surface area contributed by atoms with E-state index in [-0.39, 0.29) is 17.6 Å². The second-order valence-corrected chi connectivity index (χ2v) is 7.40. The predicted molar refractivity (Wildman–Crippen MR) is 86.6 cm³/mol. The van der Waals surface area contributed by atoms with Crippen LogP contribution in [-0.4, -0.2) is 27.5 Å². The third kappa shape index (κ3) is 2.89. The second kappa shape index (κ2) is 5.32. The van der Waals surface area contributed by atoms with Gasteiger partial charge in [0.25, 0.3) is 0 Å². The quantitative estimate of drug-likeness (QED) is 0.820. The van der Waals surface area contributed by atoms with Gasteiger partial charge >= 0.3 is 6.03 Å². The summed E-state index contributed by atoms with van der Waals surface area (Å²) in [6, 6.07) is 2.30. The number of urea groups is 1. The molecule has 0 aromatic carbocycles. The van der Waals surface area contributed by atoms with Gasteiger partial charge < -0.3 is 4.90 Å². The highest BCUT2D eigenvalue weighted by molar-refractivity contribution is 5.95. The van der Waals surface area contributed by atoms with E-state index in [0.29, 0.717) is 12.5 Å². The zero-order valence-electron chi connectivity index (χ0n) is 14.3. The Balaban J connectivity index is 2.54. The zero-order chi connectivity index (χ0) is 15.9. The second-order valence-electron chi connectivity index (χ2n) is 7.40. The van der Waals surface area contributed by atoms with Crippen LogP contribution in [0.2, 0.25) is 0 Å². The fraction of sp³-hybridized carbons (Fsp3) is 0.647. The summed E-state index contributed by atoms with van der Waals surface area (Å²) >= 11 is 0. The molecule has 4 nitrogen and oxygen atoms in total. The monoisotopic (exact) mass is 289 g/mol. The highest BCUT2D eigenvalue weighted by Crippen LogP contribution is 2.34. The van der Waals surface area contributed by atoms with E-state index in [9.17, 15) is 4.79 Å². The third-order valence-electron chi connectivity index (χ3n) is 3.93. The first-order valence-electron chi connectivity index (χ1n) is 7.72. The SMILES string of the molecule is CC(C)c1cc2c(cn1)CN(C(C)(C)C)C(=O)N2C(C)C. The maximum absolute atomic E-state index is 12.9. The van der Waals surface area contributed by atoms with Crippen LogP contribution in [0.3, 0.4) is 0 Å². The van der Waals surface area contributed by atoms with Gasteiger partial charge in [-0.1, -0.05) is 13.8 Å². The molecule has 2 rings (SSSR count). The summed E-state index contributed by atoms with van der Waals surface area (Å²) in [5, 5.41) is 0. The van der Waals surface area contributed by atoms with E-state index in [2.05, 4.69) is 59.5 Å². The van der Waals surface area contributed by atoms with Crippen molar-refractivity contribution in [2.75, 3.05) is 4.90 Å². The average Bonchev–Trinajstić information content (AvgIpc) is 2.35. The molecule has 0 saturated carbocycles. The van der Waals surface area contributed by atoms with E-state index >= 15 is 0 Å². The van der Waals surface area contributed by atoms with Crippen LogP contribution in [-0.2, 0) is 6.54 Å². The summed E-state index contributed by atoms with van der Waals surface area (Å²) in [5.74, 6) is 0.361. The standard InChI is InChI=1S/C17H27N3O/c1-11(2)14-8-15-13(9-18-14)10-19(17(5,6)7)16(21)20(15)12(3)4/h8-9,11-12H,10H2,1-7H3. The Kier molecular flexibility index (Phi) is 4.00. The lowest BCUT2D eigenvalue weighted by molar-refractivity contribution is 0.140. The molecule has 1 aromatic heterocycles. The maximum Gasteiger partial charge on any atom is 0.325 e. The van der Waals surface area contributed by atoms with Crippen LogP contribution in [0.1, 0.15) is 65.6 Å². The van der Waals surface area contributed by atoms with E-state index < -0.39 is 0 Å². The number of fused-ring (bicyclic) bond motifs is 1. The average molecular weight is 289 g/mol. The third-order valence-corrected chi connectivity index (χ3v) is 3.93. The first kappa shape index (κ1) is 15.8. The maximum atomic E-state index is 12.9. The Morgan fingerprint density at radius 1 is 1.19 bits per heavy atom. The van der Waals surface area contributed by atoms with Crippen LogP contribution in [0, 0.1) is 0 Å². The predicted octanol–water partition coefficient (Wildman–Crippen LogP) is 4.15. The van der Waals surface area contributed by atoms with Gasteiger partial charge in [-0.25, -0.2) is 4.79 Å². The van der Waals surface area contributed by atoms with E-state index in [1.165, 1.54) is 0 Å². The number of rotatable bonds is 2. The molecule has 2 amide bonds. The van der Waals surface area contributed by atoms with Crippen molar-refractivity contribution in [2.45, 2.75) is 72.5 Å². The summed E-state index contributed by atoms with van der Waals surface area (Å²) in [6.45, 7) is 15.2. The number of aromatic nitrogens is 1. The van der Waals surface area contributed by atoms with Crippen LogP contribution in [0.5, 0.6) is 0 Å². The van der Waals surface area contributed by atoms with Crippen LogP contribution in [0.4, 0.5) is 10.5 Å². The minimum Gasteiger partial charge on any atom is -0.315 e. The molecule has 0 bridgehead atoms. The van der Waals surface area contributed by atoms with E-state index in [0.717, 1.165) is 16.9 Å². The number of amides is 2. The number of anilines is 1. The van der Waals surface area contributed by atoms with Crippen molar-refractivity contribution in [3.63, 3.8) is 0 Å². The lowest BCUT2D eigenvalue weighted by Gasteiger charge is -2.45. The summed E-state index contributed by atoms with van der Waals surface area (Å²) < 4.78 is 0. The molecule has 0 aliphatic carbocycles. The molecule has 2 heterocycles. The molecule has 0 N–H and O–H groups in total. The number of carbonyl (C=O) groups excluding carboxylic acids is 1. The zero-order valence-corrected chi connectivity index (χ0v) is 14.3. The molecule has 0 fully saturated rings. The Hall–Kier alpha value is -1.58. The van der Waals surface area contributed by atoms with Gasteiger partial charge in [0.2, 0.25) is 0 Å². The molecule has 116 valence electrons. The highest BCUT2D eigenvalue weighted by Gasteiger charge is 2.37. The number of hydrogen-bond donors (Lipinski definition) is 0. The van der Waals surface area contributed by atoms with Crippen LogP contribution < -0.4 is 4.90 Å². The molecule has 0 radical (unpaired) electrons. The normalized spacial score (nSPS) is 16.0. The molecule has 1 aliphatic rings. The van der Waals surface area contributed by atoms with Crippen molar-refractivity contribution < 1.29 is 4.79 Å². The molecular weight excluding hydrogens is 262 g/mol. The van der Waals surface area contributed by atoms with Crippen molar-refractivity contribution in [3.05, 3.63) is 23.5 Å². The number of carbonyl (C=O) groups is 1. The first-order chi connectivity index (χ1) is 9.62. The summed E-state index contributed by atoms with van der Waals surface area (Å²) in [6.07, 6.45) is 1.94. The van der Waals surface area contributed by atoms with Gasteiger partial charge in [0, 0.05) is 29.0 Å². The Bertz CT molecular complexity index is 543. The van der Waals surface area contributed by atoms with Gasteiger partial charge in [0.15, 0.2) is 0 Å². The van der Waals surface area contributed by atoms with Gasteiger partial charge in [-0.3, -0.25) is 9.88 Å². The van der Waals surface area contributed by atoms with Crippen molar-refractivity contribution in [2.24, 2.45) is 0 Å². The number of nitrogens with zero attached hydrogens (tertiary/aromatic N) is 3. The van der Waals surface area contributed by atoms with Gasteiger partial charge in [-0.2, -0.15) is 0 Å². The highest BCUT2D eigenvalue weighted by atomic mass is 16.2. The molecule has 0 unspecified atom stereocenters. The summed E-state index contributed by atoms with van der Waals surface area (Å²) in [5.41, 5.74) is 2.99. The lowest BCUT2D eigenvalue weighted by atomic mass is 10.00. The van der Waals surface area contributed by atoms with E-state index in [1.54, 1.807) is 0 Å².